The molecule has 0 N–H and O–H groups in total. The van der Waals surface area contributed by atoms with E-state index in [0.717, 1.165) is 6.92 Å². The molecular weight excluding hydrogens is 348 g/mol. The monoisotopic (exact) mass is 368 g/mol. The minimum atomic E-state index is -2.66. The molecule has 0 bridgehead atoms. The summed E-state index contributed by atoms with van der Waals surface area (Å²) in [5, 5.41) is 43.9. The summed E-state index contributed by atoms with van der Waals surface area (Å²) in [5.41, 5.74) is -5.27. The van der Waals surface area contributed by atoms with E-state index in [1.165, 1.54) is 20.8 Å². The summed E-state index contributed by atoms with van der Waals surface area (Å²) in [6.07, 6.45) is -0.280. The topological polar surface area (TPSA) is 191 Å². The minimum absolute atomic E-state index is 0.132. The number of hydrogen-bond acceptors (Lipinski definition) is 10. The standard InChI is InChI=1S/C11H20N4O10/c1-5-6-11(14(20)21,15(22)23)8-25-9(2,3)24-7-10(4,12(16)17)13(18)19/h5-8H2,1-4H3. The van der Waals surface area contributed by atoms with E-state index in [2.05, 4.69) is 0 Å². The molecule has 0 amide bonds. The maximum Gasteiger partial charge on any atom is 0.480 e. The number of nitro groups is 4. The van der Waals surface area contributed by atoms with Gasteiger partial charge in [0.15, 0.2) is 19.0 Å². The highest BCUT2D eigenvalue weighted by Crippen LogP contribution is 2.24. The Labute approximate surface area is 141 Å². The van der Waals surface area contributed by atoms with Gasteiger partial charge in [-0.2, -0.15) is 0 Å². The third kappa shape index (κ3) is 5.25. The van der Waals surface area contributed by atoms with Gasteiger partial charge in [0, 0.05) is 0 Å². The first kappa shape index (κ1) is 22.5. The first-order valence-electron chi connectivity index (χ1n) is 7.11. The van der Waals surface area contributed by atoms with Crippen LogP contribution in [-0.2, 0) is 9.47 Å². The molecule has 0 aromatic carbocycles. The first-order valence-corrected chi connectivity index (χ1v) is 7.11. The van der Waals surface area contributed by atoms with Gasteiger partial charge < -0.3 is 9.47 Å². The zero-order chi connectivity index (χ0) is 20.1. The maximum atomic E-state index is 11.1. The smallest absolute Gasteiger partial charge is 0.335 e. The average Bonchev–Trinajstić information content (AvgIpc) is 2.48. The molecule has 14 nitrogen and oxygen atoms in total. The van der Waals surface area contributed by atoms with Gasteiger partial charge in [0.1, 0.15) is 19.7 Å². The summed E-state index contributed by atoms with van der Waals surface area (Å²) in [4.78, 5) is 39.4. The molecule has 14 heteroatoms. The highest BCUT2D eigenvalue weighted by Gasteiger charge is 2.57. The predicted octanol–water partition coefficient (Wildman–Crippen LogP) is 1.08. The van der Waals surface area contributed by atoms with E-state index in [1.54, 1.807) is 0 Å². The summed E-state index contributed by atoms with van der Waals surface area (Å²) in [6, 6.07) is 0. The molecule has 0 rings (SSSR count). The Morgan fingerprint density at radius 1 is 0.760 bits per heavy atom. The van der Waals surface area contributed by atoms with Crippen molar-refractivity contribution in [2.24, 2.45) is 0 Å². The zero-order valence-electron chi connectivity index (χ0n) is 14.2. The van der Waals surface area contributed by atoms with Gasteiger partial charge in [0.25, 0.3) is 0 Å². The van der Waals surface area contributed by atoms with Gasteiger partial charge in [0.2, 0.25) is 0 Å². The van der Waals surface area contributed by atoms with Gasteiger partial charge in [-0.25, -0.2) is 0 Å². The van der Waals surface area contributed by atoms with Crippen LogP contribution in [0.2, 0.25) is 0 Å². The molecule has 0 aromatic rings. The summed E-state index contributed by atoms with van der Waals surface area (Å²) in [6.45, 7) is 2.63. The number of hydrogen-bond donors (Lipinski definition) is 0. The van der Waals surface area contributed by atoms with Crippen molar-refractivity contribution in [3.63, 3.8) is 0 Å². The van der Waals surface area contributed by atoms with Crippen molar-refractivity contribution >= 4 is 0 Å². The quantitative estimate of drug-likeness (QED) is 0.273. The van der Waals surface area contributed by atoms with Crippen LogP contribution in [0.4, 0.5) is 0 Å². The van der Waals surface area contributed by atoms with Crippen LogP contribution in [-0.4, -0.2) is 50.0 Å². The van der Waals surface area contributed by atoms with Crippen LogP contribution < -0.4 is 0 Å². The van der Waals surface area contributed by atoms with E-state index in [-0.39, 0.29) is 6.42 Å². The van der Waals surface area contributed by atoms with E-state index in [4.69, 9.17) is 9.47 Å². The lowest BCUT2D eigenvalue weighted by atomic mass is 10.1. The summed E-state index contributed by atoms with van der Waals surface area (Å²) >= 11 is 0. The van der Waals surface area contributed by atoms with Crippen molar-refractivity contribution in [3.05, 3.63) is 40.5 Å². The molecule has 0 saturated heterocycles. The molecule has 0 unspecified atom stereocenters. The lowest BCUT2D eigenvalue weighted by Gasteiger charge is -2.28. The fraction of sp³-hybridized carbons (Fsp3) is 1.00. The Morgan fingerprint density at radius 3 is 1.48 bits per heavy atom. The molecule has 0 aliphatic carbocycles. The van der Waals surface area contributed by atoms with E-state index in [0.29, 0.717) is 0 Å². The van der Waals surface area contributed by atoms with Gasteiger partial charge in [-0.15, -0.1) is 0 Å². The lowest BCUT2D eigenvalue weighted by molar-refractivity contribution is -0.802. The Morgan fingerprint density at radius 2 is 1.16 bits per heavy atom. The van der Waals surface area contributed by atoms with E-state index in [1.807, 2.05) is 0 Å². The largest absolute Gasteiger partial charge is 0.480 e. The van der Waals surface area contributed by atoms with Crippen molar-refractivity contribution in [3.8, 4) is 0 Å². The fourth-order valence-electron chi connectivity index (χ4n) is 1.64. The van der Waals surface area contributed by atoms with Gasteiger partial charge in [-0.3, -0.25) is 40.5 Å². The van der Waals surface area contributed by atoms with E-state index < -0.39 is 56.4 Å². The maximum absolute atomic E-state index is 11.1. The van der Waals surface area contributed by atoms with Crippen LogP contribution in [0.3, 0.4) is 0 Å². The van der Waals surface area contributed by atoms with Crippen LogP contribution in [0.5, 0.6) is 0 Å². The van der Waals surface area contributed by atoms with Gasteiger partial charge in [-0.05, 0) is 20.3 Å². The van der Waals surface area contributed by atoms with Gasteiger partial charge in [-0.1, -0.05) is 6.92 Å². The Bertz CT molecular complexity index is 521. The first-order chi connectivity index (χ1) is 11.2. The molecule has 0 aliphatic heterocycles. The minimum Gasteiger partial charge on any atom is -0.335 e. The highest BCUT2D eigenvalue weighted by atomic mass is 16.7. The summed E-state index contributed by atoms with van der Waals surface area (Å²) in [7, 11) is 0. The van der Waals surface area contributed by atoms with Crippen LogP contribution in [0, 0.1) is 40.5 Å². The molecule has 0 heterocycles. The van der Waals surface area contributed by atoms with Crippen molar-refractivity contribution in [2.75, 3.05) is 13.2 Å². The Hall–Kier alpha value is -2.48. The number of nitrogens with zero attached hydrogens (tertiary/aromatic N) is 4. The fourth-order valence-corrected chi connectivity index (χ4v) is 1.64. The summed E-state index contributed by atoms with van der Waals surface area (Å²) < 4.78 is 10.1. The van der Waals surface area contributed by atoms with Crippen molar-refractivity contribution < 1.29 is 29.2 Å². The number of ether oxygens (including phenoxy) is 2. The lowest BCUT2D eigenvalue weighted by Crippen LogP contribution is -2.53. The molecule has 144 valence electrons. The molecule has 0 radical (unpaired) electrons. The van der Waals surface area contributed by atoms with Crippen molar-refractivity contribution in [1.29, 1.82) is 0 Å². The molecule has 0 saturated carbocycles. The van der Waals surface area contributed by atoms with Crippen LogP contribution in [0.25, 0.3) is 0 Å². The third-order valence-electron chi connectivity index (χ3n) is 3.46. The molecule has 0 atom stereocenters. The van der Waals surface area contributed by atoms with Crippen molar-refractivity contribution in [1.82, 2.24) is 0 Å². The predicted molar refractivity (Wildman–Crippen MR) is 80.0 cm³/mol. The molecule has 25 heavy (non-hydrogen) atoms. The van der Waals surface area contributed by atoms with Crippen LogP contribution >= 0.6 is 0 Å². The normalized spacial score (nSPS) is 12.6. The molecule has 0 aromatic heterocycles. The molecule has 0 spiro atoms. The molecule has 0 aliphatic rings. The van der Waals surface area contributed by atoms with Crippen molar-refractivity contribution in [2.45, 2.75) is 57.6 Å². The summed E-state index contributed by atoms with van der Waals surface area (Å²) in [5.74, 6) is -1.77. The average molecular weight is 368 g/mol. The third-order valence-corrected chi connectivity index (χ3v) is 3.46. The molecule has 0 fully saturated rings. The van der Waals surface area contributed by atoms with E-state index >= 15 is 0 Å². The van der Waals surface area contributed by atoms with Gasteiger partial charge in [0.05, 0.1) is 13.3 Å². The molecular formula is C11H20N4O10. The second-order valence-corrected chi connectivity index (χ2v) is 5.96. The Kier molecular flexibility index (Phi) is 7.26. The second kappa shape index (κ2) is 8.06. The van der Waals surface area contributed by atoms with Crippen LogP contribution in [0.1, 0.15) is 40.5 Å². The van der Waals surface area contributed by atoms with Crippen LogP contribution in [0.15, 0.2) is 0 Å². The number of rotatable bonds is 12. The SMILES string of the molecule is CCCC(COC(C)(C)OCC(C)([N+](=O)[O-])[N+](=O)[O-])([N+](=O)[O-])[N+](=O)[O-]. The zero-order valence-corrected chi connectivity index (χ0v) is 14.2. The van der Waals surface area contributed by atoms with E-state index in [9.17, 15) is 40.5 Å². The highest BCUT2D eigenvalue weighted by molar-refractivity contribution is 4.69. The van der Waals surface area contributed by atoms with Gasteiger partial charge >= 0.3 is 11.3 Å². The Balaban J connectivity index is 5.18. The second-order valence-electron chi connectivity index (χ2n) is 5.96.